The van der Waals surface area contributed by atoms with Crippen LogP contribution in [-0.2, 0) is 21.5 Å². The molecule has 2 atom stereocenters. The number of hydrogen-bond acceptors (Lipinski definition) is 4. The summed E-state index contributed by atoms with van der Waals surface area (Å²) < 4.78 is 2.98. The van der Waals surface area contributed by atoms with E-state index in [4.69, 9.17) is 5.11 Å². The van der Waals surface area contributed by atoms with Crippen molar-refractivity contribution >= 4 is 23.3 Å². The van der Waals surface area contributed by atoms with Gasteiger partial charge in [-0.25, -0.2) is 4.99 Å². The Bertz CT molecular complexity index is 831. The summed E-state index contributed by atoms with van der Waals surface area (Å²) in [5.41, 5.74) is -0.155. The Morgan fingerprint density at radius 1 is 1.33 bits per heavy atom. The van der Waals surface area contributed by atoms with Crippen LogP contribution >= 0.6 is 11.5 Å². The largest absolute Gasteiger partial charge is 0.395 e. The maximum Gasteiger partial charge on any atom is 0.253 e. The lowest BCUT2D eigenvalue weighted by molar-refractivity contribution is -0.136. The van der Waals surface area contributed by atoms with Crippen LogP contribution in [0.2, 0.25) is 0 Å². The first kappa shape index (κ1) is 24.8. The topological polar surface area (TPSA) is 83.7 Å². The standard InChI is InChI=1S/C23H39N3O3S/c1-8-9-10-16-15-26(21(2,3)4)30-19(16)25-20(29)23(7)12-11-17(22(23,5)6)18(28)24-13-14-27/h15,17,27H,8-14H2,1-7H3,(H,24,28)/t17-,23+/m0/s1. The van der Waals surface area contributed by atoms with E-state index in [0.717, 1.165) is 29.5 Å². The highest BCUT2D eigenvalue weighted by Gasteiger charge is 2.58. The molecule has 7 heteroatoms. The molecule has 1 saturated carbocycles. The van der Waals surface area contributed by atoms with E-state index >= 15 is 0 Å². The number of aliphatic hydroxyl groups is 1. The molecule has 2 amide bonds. The van der Waals surface area contributed by atoms with Crippen LogP contribution in [0.25, 0.3) is 0 Å². The fourth-order valence-electron chi connectivity index (χ4n) is 4.20. The van der Waals surface area contributed by atoms with Gasteiger partial charge in [-0.15, -0.1) is 0 Å². The van der Waals surface area contributed by atoms with E-state index in [9.17, 15) is 9.59 Å². The average molecular weight is 438 g/mol. The Morgan fingerprint density at radius 2 is 2.00 bits per heavy atom. The molecule has 0 saturated heterocycles. The van der Waals surface area contributed by atoms with Gasteiger partial charge in [-0.05, 0) is 63.4 Å². The Balaban J connectivity index is 2.39. The molecule has 0 unspecified atom stereocenters. The van der Waals surface area contributed by atoms with Gasteiger partial charge < -0.3 is 10.4 Å². The van der Waals surface area contributed by atoms with Crippen LogP contribution in [0.15, 0.2) is 11.2 Å². The maximum absolute atomic E-state index is 13.5. The molecule has 30 heavy (non-hydrogen) atoms. The zero-order valence-corrected chi connectivity index (χ0v) is 20.5. The zero-order chi connectivity index (χ0) is 22.7. The number of hydrogen-bond donors (Lipinski definition) is 2. The second-order valence-electron chi connectivity index (χ2n) is 10.2. The highest BCUT2D eigenvalue weighted by Crippen LogP contribution is 2.56. The van der Waals surface area contributed by atoms with Gasteiger partial charge in [0.25, 0.3) is 5.91 Å². The van der Waals surface area contributed by atoms with Crippen molar-refractivity contribution in [1.82, 2.24) is 9.27 Å². The van der Waals surface area contributed by atoms with Crippen molar-refractivity contribution in [2.75, 3.05) is 13.2 Å². The normalized spacial score (nSPS) is 24.3. The van der Waals surface area contributed by atoms with Gasteiger partial charge in [0.1, 0.15) is 4.67 Å². The third kappa shape index (κ3) is 4.88. The molecule has 1 aromatic heterocycles. The molecule has 1 aliphatic carbocycles. The Morgan fingerprint density at radius 3 is 2.57 bits per heavy atom. The minimum atomic E-state index is -0.702. The number of nitrogens with zero attached hydrogens (tertiary/aromatic N) is 2. The first-order valence-electron chi connectivity index (χ1n) is 11.1. The number of aliphatic hydroxyl groups excluding tert-OH is 1. The summed E-state index contributed by atoms with van der Waals surface area (Å²) in [6.07, 6.45) is 6.49. The number of aryl methyl sites for hydroxylation is 1. The van der Waals surface area contributed by atoms with Crippen molar-refractivity contribution in [3.05, 3.63) is 16.4 Å². The van der Waals surface area contributed by atoms with E-state index in [1.165, 1.54) is 0 Å². The molecule has 1 aliphatic rings. The summed E-state index contributed by atoms with van der Waals surface area (Å²) >= 11 is 1.54. The lowest BCUT2D eigenvalue weighted by Crippen LogP contribution is -2.45. The molecule has 2 N–H and O–H groups in total. The predicted octanol–water partition coefficient (Wildman–Crippen LogP) is 3.63. The molecule has 2 rings (SSSR count). The Kier molecular flexibility index (Phi) is 7.73. The first-order valence-corrected chi connectivity index (χ1v) is 11.9. The molecule has 0 aromatic carbocycles. The number of carbonyl (C=O) groups excluding carboxylic acids is 2. The molecular weight excluding hydrogens is 398 g/mol. The van der Waals surface area contributed by atoms with E-state index in [0.29, 0.717) is 12.8 Å². The summed E-state index contributed by atoms with van der Waals surface area (Å²) in [6.45, 7) is 14.7. The number of amides is 2. The first-order chi connectivity index (χ1) is 13.9. The molecule has 1 heterocycles. The molecule has 0 spiro atoms. The van der Waals surface area contributed by atoms with E-state index in [2.05, 4.69) is 48.2 Å². The Hall–Kier alpha value is -1.47. The third-order valence-corrected chi connectivity index (χ3v) is 8.20. The summed E-state index contributed by atoms with van der Waals surface area (Å²) in [6, 6.07) is 0. The number of aromatic nitrogens is 1. The van der Waals surface area contributed by atoms with E-state index in [1.54, 1.807) is 11.5 Å². The van der Waals surface area contributed by atoms with E-state index in [1.807, 2.05) is 20.8 Å². The van der Waals surface area contributed by atoms with Crippen molar-refractivity contribution in [2.45, 2.75) is 86.1 Å². The number of unbranched alkanes of at least 4 members (excludes halogenated alkanes) is 1. The minimum absolute atomic E-state index is 0.0606. The minimum Gasteiger partial charge on any atom is -0.395 e. The lowest BCUT2D eigenvalue weighted by atomic mass is 9.65. The molecule has 1 fully saturated rings. The van der Waals surface area contributed by atoms with Gasteiger partial charge in [-0.3, -0.25) is 13.5 Å². The molecule has 170 valence electrons. The summed E-state index contributed by atoms with van der Waals surface area (Å²) in [7, 11) is 0. The quantitative estimate of drug-likeness (QED) is 0.683. The van der Waals surface area contributed by atoms with Crippen LogP contribution in [-0.4, -0.2) is 34.0 Å². The number of nitrogens with one attached hydrogen (secondary N) is 1. The maximum atomic E-state index is 13.5. The zero-order valence-electron chi connectivity index (χ0n) is 19.7. The van der Waals surface area contributed by atoms with Gasteiger partial charge in [0.15, 0.2) is 0 Å². The number of carbonyl (C=O) groups is 2. The second kappa shape index (κ2) is 9.35. The molecule has 1 aromatic rings. The van der Waals surface area contributed by atoms with E-state index < -0.39 is 10.8 Å². The van der Waals surface area contributed by atoms with Crippen LogP contribution in [0.5, 0.6) is 0 Å². The van der Waals surface area contributed by atoms with Crippen LogP contribution in [0.1, 0.15) is 79.7 Å². The third-order valence-electron chi connectivity index (χ3n) is 6.82. The average Bonchev–Trinajstić information content (AvgIpc) is 3.17. The molecule has 6 nitrogen and oxygen atoms in total. The van der Waals surface area contributed by atoms with Crippen LogP contribution in [0.4, 0.5) is 0 Å². The van der Waals surface area contributed by atoms with Crippen molar-refractivity contribution in [1.29, 1.82) is 0 Å². The molecule has 0 radical (unpaired) electrons. The lowest BCUT2D eigenvalue weighted by Gasteiger charge is -2.38. The van der Waals surface area contributed by atoms with Crippen LogP contribution < -0.4 is 9.99 Å². The number of rotatable bonds is 7. The van der Waals surface area contributed by atoms with Crippen LogP contribution in [0, 0.1) is 16.7 Å². The van der Waals surface area contributed by atoms with Crippen molar-refractivity contribution in [3.63, 3.8) is 0 Å². The van der Waals surface area contributed by atoms with Gasteiger partial charge in [0, 0.05) is 29.8 Å². The summed E-state index contributed by atoms with van der Waals surface area (Å²) in [4.78, 5) is 30.7. The fourth-order valence-corrected chi connectivity index (χ4v) is 5.23. The summed E-state index contributed by atoms with van der Waals surface area (Å²) in [5.74, 6) is -0.489. The van der Waals surface area contributed by atoms with Gasteiger partial charge in [-0.1, -0.05) is 34.1 Å². The predicted molar refractivity (Wildman–Crippen MR) is 121 cm³/mol. The van der Waals surface area contributed by atoms with Gasteiger partial charge in [-0.2, -0.15) is 0 Å². The summed E-state index contributed by atoms with van der Waals surface area (Å²) in [5, 5.41) is 11.8. The van der Waals surface area contributed by atoms with Crippen molar-refractivity contribution in [2.24, 2.45) is 21.7 Å². The van der Waals surface area contributed by atoms with Crippen molar-refractivity contribution in [3.8, 4) is 0 Å². The molecular formula is C23H39N3O3S. The molecule has 0 aliphatic heterocycles. The molecule has 0 bridgehead atoms. The fraction of sp³-hybridized carbons (Fsp3) is 0.783. The van der Waals surface area contributed by atoms with Gasteiger partial charge in [0.05, 0.1) is 12.0 Å². The SMILES string of the molecule is CCCCc1cn(C(C)(C)C)sc1=NC(=O)[C@@]1(C)CC[C@@H](C(=O)NCCO)C1(C)C. The van der Waals surface area contributed by atoms with Gasteiger partial charge >= 0.3 is 0 Å². The van der Waals surface area contributed by atoms with Gasteiger partial charge in [0.2, 0.25) is 5.91 Å². The monoisotopic (exact) mass is 437 g/mol. The smallest absolute Gasteiger partial charge is 0.253 e. The van der Waals surface area contributed by atoms with E-state index in [-0.39, 0.29) is 36.4 Å². The second-order valence-corrected chi connectivity index (χ2v) is 11.2. The Labute approximate surface area is 184 Å². The highest BCUT2D eigenvalue weighted by atomic mass is 32.1. The van der Waals surface area contributed by atoms with Crippen LogP contribution in [0.3, 0.4) is 0 Å². The van der Waals surface area contributed by atoms with Crippen molar-refractivity contribution < 1.29 is 14.7 Å². The highest BCUT2D eigenvalue weighted by molar-refractivity contribution is 7.04.